The van der Waals surface area contributed by atoms with E-state index in [4.69, 9.17) is 9.97 Å². The van der Waals surface area contributed by atoms with Crippen LogP contribution in [-0.2, 0) is 0 Å². The van der Waals surface area contributed by atoms with Gasteiger partial charge in [-0.05, 0) is 84.6 Å². The summed E-state index contributed by atoms with van der Waals surface area (Å²) >= 11 is 0. The van der Waals surface area contributed by atoms with Crippen molar-refractivity contribution in [3.63, 3.8) is 0 Å². The number of benzene rings is 9. The fourth-order valence-corrected chi connectivity index (χ4v) is 8.61. The zero-order chi connectivity index (χ0) is 38.4. The van der Waals surface area contributed by atoms with E-state index in [1.54, 1.807) is 0 Å². The minimum Gasteiger partial charge on any atom is -0.248 e. The molecule has 58 heavy (non-hydrogen) atoms. The fraction of sp³-hybridized carbons (Fsp3) is 0. The highest BCUT2D eigenvalue weighted by molar-refractivity contribution is 6.18. The Morgan fingerprint density at radius 3 is 1.36 bits per heavy atom. The summed E-state index contributed by atoms with van der Waals surface area (Å²) in [5.41, 5.74) is 14.2. The lowest BCUT2D eigenvalue weighted by Gasteiger charge is -2.17. The third-order valence-corrected chi connectivity index (χ3v) is 11.5. The van der Waals surface area contributed by atoms with Gasteiger partial charge in [0.05, 0.1) is 22.6 Å². The average molecular weight is 737 g/mol. The number of rotatable bonds is 6. The van der Waals surface area contributed by atoms with Crippen molar-refractivity contribution in [2.75, 3.05) is 0 Å². The van der Waals surface area contributed by atoms with Crippen LogP contribution in [0.5, 0.6) is 0 Å². The Labute approximate surface area is 337 Å². The van der Waals surface area contributed by atoms with Gasteiger partial charge in [0.1, 0.15) is 0 Å². The van der Waals surface area contributed by atoms with Crippen molar-refractivity contribution < 1.29 is 0 Å². The molecule has 11 rings (SSSR count). The highest BCUT2D eigenvalue weighted by Gasteiger charge is 2.18. The van der Waals surface area contributed by atoms with Crippen LogP contribution in [0, 0.1) is 0 Å². The molecule has 9 aromatic carbocycles. The Bertz CT molecular complexity index is 3250. The van der Waals surface area contributed by atoms with Gasteiger partial charge in [-0.2, -0.15) is 0 Å². The second-order valence-electron chi connectivity index (χ2n) is 14.9. The molecule has 0 unspecified atom stereocenters. The van der Waals surface area contributed by atoms with Gasteiger partial charge in [0.2, 0.25) is 0 Å². The molecule has 0 saturated carbocycles. The van der Waals surface area contributed by atoms with E-state index in [-0.39, 0.29) is 0 Å². The predicted molar refractivity (Wildman–Crippen MR) is 245 cm³/mol. The van der Waals surface area contributed by atoms with Gasteiger partial charge in [0, 0.05) is 27.5 Å². The lowest BCUT2D eigenvalue weighted by Crippen LogP contribution is -1.94. The maximum Gasteiger partial charge on any atom is 0.0794 e. The van der Waals surface area contributed by atoms with Crippen LogP contribution in [0.4, 0.5) is 0 Å². The van der Waals surface area contributed by atoms with E-state index in [0.717, 1.165) is 66.8 Å². The van der Waals surface area contributed by atoms with E-state index in [1.165, 1.54) is 43.6 Å². The van der Waals surface area contributed by atoms with Crippen LogP contribution in [0.2, 0.25) is 0 Å². The summed E-state index contributed by atoms with van der Waals surface area (Å²) in [5, 5.41) is 8.29. The van der Waals surface area contributed by atoms with E-state index in [1.807, 2.05) is 12.1 Å². The van der Waals surface area contributed by atoms with E-state index in [0.29, 0.717) is 0 Å². The average Bonchev–Trinajstić information content (AvgIpc) is 3.31. The van der Waals surface area contributed by atoms with Crippen LogP contribution in [-0.4, -0.2) is 9.97 Å². The number of hydrogen-bond donors (Lipinski definition) is 0. The first kappa shape index (κ1) is 33.6. The van der Waals surface area contributed by atoms with Crippen molar-refractivity contribution in [3.05, 3.63) is 218 Å². The third-order valence-electron chi connectivity index (χ3n) is 11.5. The van der Waals surface area contributed by atoms with Crippen molar-refractivity contribution in [2.24, 2.45) is 0 Å². The van der Waals surface area contributed by atoms with Gasteiger partial charge in [0.15, 0.2) is 0 Å². The molecule has 270 valence electrons. The summed E-state index contributed by atoms with van der Waals surface area (Å²) in [6, 6.07) is 78.2. The lowest BCUT2D eigenvalue weighted by molar-refractivity contribution is 1.32. The zero-order valence-electron chi connectivity index (χ0n) is 31.7. The van der Waals surface area contributed by atoms with E-state index >= 15 is 0 Å². The second-order valence-corrected chi connectivity index (χ2v) is 14.9. The minimum atomic E-state index is 0.956. The second kappa shape index (κ2) is 14.1. The molecule has 2 aromatic heterocycles. The molecule has 0 N–H and O–H groups in total. The Morgan fingerprint density at radius 2 is 0.724 bits per heavy atom. The monoisotopic (exact) mass is 736 g/mol. The van der Waals surface area contributed by atoms with Crippen molar-refractivity contribution in [1.29, 1.82) is 0 Å². The highest BCUT2D eigenvalue weighted by Crippen LogP contribution is 2.43. The molecule has 0 fully saturated rings. The molecule has 2 heterocycles. The molecule has 0 atom stereocenters. The van der Waals surface area contributed by atoms with Gasteiger partial charge in [-0.1, -0.05) is 194 Å². The van der Waals surface area contributed by atoms with Crippen LogP contribution >= 0.6 is 0 Å². The quantitative estimate of drug-likeness (QED) is 0.159. The minimum absolute atomic E-state index is 0.956. The molecular weight excluding hydrogens is 701 g/mol. The van der Waals surface area contributed by atoms with Crippen molar-refractivity contribution in [2.45, 2.75) is 0 Å². The van der Waals surface area contributed by atoms with Gasteiger partial charge in [0.25, 0.3) is 0 Å². The summed E-state index contributed by atoms with van der Waals surface area (Å²) in [6.07, 6.45) is 0. The predicted octanol–water partition coefficient (Wildman–Crippen LogP) is 15.1. The molecular formula is C56H36N2. The SMILES string of the molecule is c1ccc(-c2cc(-c3ccc(-c4cc5c(-c6cccc7ccccc67)cc(-c6cccc7ccccc67)nc5c5ccccc45)cc3)cc(-c3ccccc3)n2)cc1. The summed E-state index contributed by atoms with van der Waals surface area (Å²) < 4.78 is 0. The summed E-state index contributed by atoms with van der Waals surface area (Å²) in [4.78, 5) is 10.7. The van der Waals surface area contributed by atoms with Gasteiger partial charge in [-0.15, -0.1) is 0 Å². The Balaban J connectivity index is 1.12. The van der Waals surface area contributed by atoms with Gasteiger partial charge >= 0.3 is 0 Å². The van der Waals surface area contributed by atoms with Crippen molar-refractivity contribution in [3.8, 4) is 67.2 Å². The topological polar surface area (TPSA) is 25.8 Å². The first-order chi connectivity index (χ1) is 28.7. The summed E-state index contributed by atoms with van der Waals surface area (Å²) in [5.74, 6) is 0. The number of nitrogens with zero attached hydrogens (tertiary/aromatic N) is 2. The fourth-order valence-electron chi connectivity index (χ4n) is 8.61. The molecule has 0 radical (unpaired) electrons. The van der Waals surface area contributed by atoms with E-state index < -0.39 is 0 Å². The molecule has 0 aliphatic rings. The highest BCUT2D eigenvalue weighted by atomic mass is 14.7. The number of hydrogen-bond acceptors (Lipinski definition) is 2. The summed E-state index contributed by atoms with van der Waals surface area (Å²) in [7, 11) is 0. The third kappa shape index (κ3) is 5.91. The number of aromatic nitrogens is 2. The number of fused-ring (bicyclic) bond motifs is 5. The molecule has 2 heteroatoms. The largest absolute Gasteiger partial charge is 0.248 e. The molecule has 2 nitrogen and oxygen atoms in total. The molecule has 0 aliphatic carbocycles. The smallest absolute Gasteiger partial charge is 0.0794 e. The first-order valence-corrected chi connectivity index (χ1v) is 19.8. The maximum absolute atomic E-state index is 5.54. The summed E-state index contributed by atoms with van der Waals surface area (Å²) in [6.45, 7) is 0. The molecule has 0 saturated heterocycles. The van der Waals surface area contributed by atoms with Crippen LogP contribution in [0.15, 0.2) is 218 Å². The van der Waals surface area contributed by atoms with Crippen LogP contribution < -0.4 is 0 Å². The maximum atomic E-state index is 5.54. The van der Waals surface area contributed by atoms with Gasteiger partial charge < -0.3 is 0 Å². The normalized spacial score (nSPS) is 11.4. The number of pyridine rings is 2. The molecule has 0 spiro atoms. The first-order valence-electron chi connectivity index (χ1n) is 19.8. The zero-order valence-corrected chi connectivity index (χ0v) is 31.7. The lowest BCUT2D eigenvalue weighted by atomic mass is 9.89. The van der Waals surface area contributed by atoms with E-state index in [9.17, 15) is 0 Å². The molecule has 0 aliphatic heterocycles. The van der Waals surface area contributed by atoms with Crippen molar-refractivity contribution >= 4 is 43.2 Å². The van der Waals surface area contributed by atoms with Crippen LogP contribution in [0.25, 0.3) is 110 Å². The van der Waals surface area contributed by atoms with Crippen molar-refractivity contribution in [1.82, 2.24) is 9.97 Å². The van der Waals surface area contributed by atoms with E-state index in [2.05, 4.69) is 206 Å². The van der Waals surface area contributed by atoms with Crippen LogP contribution in [0.1, 0.15) is 0 Å². The van der Waals surface area contributed by atoms with Crippen LogP contribution in [0.3, 0.4) is 0 Å². The Hall–Kier alpha value is -7.68. The van der Waals surface area contributed by atoms with Gasteiger partial charge in [-0.3, -0.25) is 0 Å². The molecule has 11 aromatic rings. The van der Waals surface area contributed by atoms with Gasteiger partial charge in [-0.25, -0.2) is 9.97 Å². The molecule has 0 bridgehead atoms. The Morgan fingerprint density at radius 1 is 0.224 bits per heavy atom. The Kier molecular flexibility index (Phi) is 8.19. The standard InChI is InChI=1S/C56H36N2/c1-3-17-41(18-4-1)53-33-43(34-54(57-53)42-19-5-2-6-20-42)37-29-31-40(32-30-37)50-35-52-51(46-27-13-21-38-15-7-9-23-44(38)46)36-55(58-56(52)49-26-12-11-25-47(49)50)48-28-14-22-39-16-8-10-24-45(39)48/h1-36H. The molecule has 0 amide bonds.